The molecule has 0 amide bonds. The van der Waals surface area contributed by atoms with E-state index in [0.29, 0.717) is 11.4 Å². The van der Waals surface area contributed by atoms with Crippen molar-refractivity contribution in [3.05, 3.63) is 41.6 Å². The highest BCUT2D eigenvalue weighted by molar-refractivity contribution is 5.44. The van der Waals surface area contributed by atoms with Crippen LogP contribution in [-0.4, -0.2) is 19.6 Å². The SMILES string of the molecule is CCCn1cncc1C(O)c1cc(C)cnc1N. The van der Waals surface area contributed by atoms with Gasteiger partial charge >= 0.3 is 0 Å². The molecule has 0 bridgehead atoms. The molecule has 2 aromatic rings. The molecule has 2 aromatic heterocycles. The molecule has 1 unspecified atom stereocenters. The summed E-state index contributed by atoms with van der Waals surface area (Å²) in [4.78, 5) is 8.15. The van der Waals surface area contributed by atoms with E-state index in [4.69, 9.17) is 5.73 Å². The monoisotopic (exact) mass is 246 g/mol. The molecule has 0 saturated heterocycles. The summed E-state index contributed by atoms with van der Waals surface area (Å²) in [5.74, 6) is 0.359. The molecule has 0 aliphatic rings. The molecule has 3 N–H and O–H groups in total. The lowest BCUT2D eigenvalue weighted by atomic mass is 10.1. The first-order chi connectivity index (χ1) is 8.63. The molecule has 5 nitrogen and oxygen atoms in total. The maximum absolute atomic E-state index is 10.4. The van der Waals surface area contributed by atoms with Gasteiger partial charge in [0, 0.05) is 18.3 Å². The number of aromatic nitrogens is 3. The molecule has 0 aliphatic carbocycles. The third kappa shape index (κ3) is 2.36. The number of aryl methyl sites for hydroxylation is 2. The van der Waals surface area contributed by atoms with Crippen molar-refractivity contribution in [2.24, 2.45) is 0 Å². The summed E-state index contributed by atoms with van der Waals surface area (Å²) in [5, 5.41) is 10.4. The molecule has 5 heteroatoms. The van der Waals surface area contributed by atoms with Crippen LogP contribution in [0.5, 0.6) is 0 Å². The van der Waals surface area contributed by atoms with Crippen LogP contribution in [0.15, 0.2) is 24.8 Å². The number of nitrogen functional groups attached to an aromatic ring is 1. The number of anilines is 1. The van der Waals surface area contributed by atoms with Crippen LogP contribution in [0, 0.1) is 6.92 Å². The van der Waals surface area contributed by atoms with Gasteiger partial charge in [-0.15, -0.1) is 0 Å². The number of hydrogen-bond donors (Lipinski definition) is 2. The van der Waals surface area contributed by atoms with Crippen LogP contribution in [0.25, 0.3) is 0 Å². The number of nitrogens with two attached hydrogens (primary N) is 1. The second-order valence-corrected chi connectivity index (χ2v) is 4.40. The highest BCUT2D eigenvalue weighted by Crippen LogP contribution is 2.26. The maximum atomic E-state index is 10.4. The van der Waals surface area contributed by atoms with E-state index in [1.807, 2.05) is 17.6 Å². The third-order valence-corrected chi connectivity index (χ3v) is 2.87. The van der Waals surface area contributed by atoms with Crippen molar-refractivity contribution in [1.29, 1.82) is 0 Å². The van der Waals surface area contributed by atoms with Crippen molar-refractivity contribution in [2.45, 2.75) is 32.9 Å². The molecular weight excluding hydrogens is 228 g/mol. The lowest BCUT2D eigenvalue weighted by Gasteiger charge is -2.15. The van der Waals surface area contributed by atoms with E-state index in [0.717, 1.165) is 24.2 Å². The Labute approximate surface area is 106 Å². The number of hydrogen-bond acceptors (Lipinski definition) is 4. The number of pyridine rings is 1. The summed E-state index contributed by atoms with van der Waals surface area (Å²) in [6, 6.07) is 1.86. The molecule has 0 aliphatic heterocycles. The van der Waals surface area contributed by atoms with Crippen molar-refractivity contribution < 1.29 is 5.11 Å². The van der Waals surface area contributed by atoms with Crippen molar-refractivity contribution in [1.82, 2.24) is 14.5 Å². The average molecular weight is 246 g/mol. The predicted molar refractivity (Wildman–Crippen MR) is 70.0 cm³/mol. The molecular formula is C13H18N4O. The van der Waals surface area contributed by atoms with Gasteiger partial charge in [0.05, 0.1) is 18.2 Å². The Morgan fingerprint density at radius 3 is 2.94 bits per heavy atom. The van der Waals surface area contributed by atoms with Crippen LogP contribution in [0.2, 0.25) is 0 Å². The Bertz CT molecular complexity index is 536. The van der Waals surface area contributed by atoms with Gasteiger partial charge in [-0.1, -0.05) is 6.92 Å². The average Bonchev–Trinajstić information content (AvgIpc) is 2.80. The van der Waals surface area contributed by atoms with E-state index in [-0.39, 0.29) is 0 Å². The topological polar surface area (TPSA) is 77.0 Å². The highest BCUT2D eigenvalue weighted by atomic mass is 16.3. The lowest BCUT2D eigenvalue weighted by molar-refractivity contribution is 0.210. The zero-order valence-corrected chi connectivity index (χ0v) is 10.7. The Morgan fingerprint density at radius 2 is 2.22 bits per heavy atom. The molecule has 0 saturated carbocycles. The van der Waals surface area contributed by atoms with Gasteiger partial charge in [0.2, 0.25) is 0 Å². The molecule has 2 heterocycles. The van der Waals surface area contributed by atoms with Gasteiger partial charge in [0.25, 0.3) is 0 Å². The van der Waals surface area contributed by atoms with E-state index in [9.17, 15) is 5.11 Å². The fraction of sp³-hybridized carbons (Fsp3) is 0.385. The summed E-state index contributed by atoms with van der Waals surface area (Å²) in [6.07, 6.45) is 5.28. The van der Waals surface area contributed by atoms with Crippen molar-refractivity contribution in [3.63, 3.8) is 0 Å². The van der Waals surface area contributed by atoms with Crippen molar-refractivity contribution >= 4 is 5.82 Å². The largest absolute Gasteiger partial charge is 0.383 e. The van der Waals surface area contributed by atoms with E-state index in [1.54, 1.807) is 18.7 Å². The fourth-order valence-corrected chi connectivity index (χ4v) is 1.97. The lowest BCUT2D eigenvalue weighted by Crippen LogP contribution is -2.11. The van der Waals surface area contributed by atoms with E-state index in [2.05, 4.69) is 16.9 Å². The van der Waals surface area contributed by atoms with E-state index in [1.165, 1.54) is 0 Å². The molecule has 0 fully saturated rings. The van der Waals surface area contributed by atoms with E-state index < -0.39 is 6.10 Å². The minimum Gasteiger partial charge on any atom is -0.383 e. The fourth-order valence-electron chi connectivity index (χ4n) is 1.97. The second kappa shape index (κ2) is 5.18. The Balaban J connectivity index is 2.38. The summed E-state index contributed by atoms with van der Waals surface area (Å²) >= 11 is 0. The first-order valence-electron chi connectivity index (χ1n) is 6.03. The molecule has 0 radical (unpaired) electrons. The minimum absolute atomic E-state index is 0.359. The van der Waals surface area contributed by atoms with Crippen LogP contribution in [0.3, 0.4) is 0 Å². The van der Waals surface area contributed by atoms with Crippen LogP contribution < -0.4 is 5.73 Å². The number of nitrogens with zero attached hydrogens (tertiary/aromatic N) is 3. The quantitative estimate of drug-likeness (QED) is 0.860. The van der Waals surface area contributed by atoms with Gasteiger partial charge in [-0.05, 0) is 25.0 Å². The first-order valence-corrected chi connectivity index (χ1v) is 6.03. The van der Waals surface area contributed by atoms with Gasteiger partial charge < -0.3 is 15.4 Å². The Hall–Kier alpha value is -1.88. The number of aliphatic hydroxyl groups excluding tert-OH is 1. The number of imidazole rings is 1. The molecule has 0 spiro atoms. The summed E-state index contributed by atoms with van der Waals surface area (Å²) in [5.41, 5.74) is 8.17. The zero-order chi connectivity index (χ0) is 13.1. The molecule has 0 aromatic carbocycles. The maximum Gasteiger partial charge on any atom is 0.129 e. The number of aliphatic hydroxyl groups is 1. The molecule has 1 atom stereocenters. The number of rotatable bonds is 4. The Morgan fingerprint density at radius 1 is 1.44 bits per heavy atom. The predicted octanol–water partition coefficient (Wildman–Crippen LogP) is 1.66. The standard InChI is InChI=1S/C13H18N4O/c1-3-4-17-8-15-7-11(17)12(18)10-5-9(2)6-16-13(10)14/h5-8,12,18H,3-4H2,1-2H3,(H2,14,16). The van der Waals surface area contributed by atoms with Gasteiger partial charge in [0.1, 0.15) is 11.9 Å². The summed E-state index contributed by atoms with van der Waals surface area (Å²) in [7, 11) is 0. The second-order valence-electron chi connectivity index (χ2n) is 4.40. The van der Waals surface area contributed by atoms with Crippen molar-refractivity contribution in [3.8, 4) is 0 Å². The van der Waals surface area contributed by atoms with Crippen LogP contribution >= 0.6 is 0 Å². The van der Waals surface area contributed by atoms with Crippen LogP contribution in [0.4, 0.5) is 5.82 Å². The van der Waals surface area contributed by atoms with Gasteiger partial charge in [0.15, 0.2) is 0 Å². The Kier molecular flexibility index (Phi) is 3.62. The van der Waals surface area contributed by atoms with Crippen LogP contribution in [0.1, 0.15) is 36.3 Å². The first kappa shape index (κ1) is 12.6. The third-order valence-electron chi connectivity index (χ3n) is 2.87. The zero-order valence-electron chi connectivity index (χ0n) is 10.7. The van der Waals surface area contributed by atoms with Gasteiger partial charge in [-0.25, -0.2) is 9.97 Å². The summed E-state index contributed by atoms with van der Waals surface area (Å²) < 4.78 is 1.94. The van der Waals surface area contributed by atoms with Gasteiger partial charge in [-0.3, -0.25) is 0 Å². The molecule has 96 valence electrons. The summed E-state index contributed by atoms with van der Waals surface area (Å²) in [6.45, 7) is 4.83. The minimum atomic E-state index is -0.786. The highest BCUT2D eigenvalue weighted by Gasteiger charge is 2.18. The molecule has 18 heavy (non-hydrogen) atoms. The van der Waals surface area contributed by atoms with Crippen LogP contribution in [-0.2, 0) is 6.54 Å². The van der Waals surface area contributed by atoms with E-state index >= 15 is 0 Å². The smallest absolute Gasteiger partial charge is 0.129 e. The normalized spacial score (nSPS) is 12.6. The molecule has 2 rings (SSSR count). The van der Waals surface area contributed by atoms with Crippen molar-refractivity contribution in [2.75, 3.05) is 5.73 Å². The van der Waals surface area contributed by atoms with Gasteiger partial charge in [-0.2, -0.15) is 0 Å².